The Balaban J connectivity index is 1.83. The van der Waals surface area contributed by atoms with Crippen molar-refractivity contribution in [3.8, 4) is 0 Å². The number of carbonyl (C=O) groups excluding carboxylic acids is 1. The van der Waals surface area contributed by atoms with Crippen LogP contribution in [0.25, 0.3) is 0 Å². The average molecular weight is 334 g/mol. The van der Waals surface area contributed by atoms with Gasteiger partial charge in [-0.1, -0.05) is 0 Å². The van der Waals surface area contributed by atoms with Crippen LogP contribution in [-0.4, -0.2) is 58.1 Å². The van der Waals surface area contributed by atoms with Gasteiger partial charge in [0.05, 0.1) is 19.1 Å². The monoisotopic (exact) mass is 334 g/mol. The summed E-state index contributed by atoms with van der Waals surface area (Å²) in [5.41, 5.74) is 0. The minimum absolute atomic E-state index is 0.0435. The van der Waals surface area contributed by atoms with Gasteiger partial charge in [0.15, 0.2) is 0 Å². The van der Waals surface area contributed by atoms with E-state index in [0.717, 1.165) is 18.7 Å². The van der Waals surface area contributed by atoms with Gasteiger partial charge >= 0.3 is 6.18 Å². The van der Waals surface area contributed by atoms with Crippen LogP contribution in [0, 0.1) is 13.8 Å². The minimum atomic E-state index is -4.36. The Morgan fingerprint density at radius 2 is 2.13 bits per heavy atom. The van der Waals surface area contributed by atoms with Crippen molar-refractivity contribution in [2.45, 2.75) is 45.3 Å². The molecular formula is C14H21F3N4O2. The van der Waals surface area contributed by atoms with Crippen LogP contribution in [0.4, 0.5) is 13.2 Å². The molecule has 1 aromatic heterocycles. The Bertz CT molecular complexity index is 545. The van der Waals surface area contributed by atoms with E-state index in [1.807, 2.05) is 18.5 Å². The summed E-state index contributed by atoms with van der Waals surface area (Å²) in [4.78, 5) is 18.0. The summed E-state index contributed by atoms with van der Waals surface area (Å²) in [6, 6.07) is 0.0602. The zero-order chi connectivity index (χ0) is 17.0. The van der Waals surface area contributed by atoms with Crippen molar-refractivity contribution in [3.63, 3.8) is 0 Å². The molecule has 130 valence electrons. The summed E-state index contributed by atoms with van der Waals surface area (Å²) in [5, 5.41) is 4.35. The number of likely N-dealkylation sites (tertiary alicyclic amines) is 1. The zero-order valence-electron chi connectivity index (χ0n) is 13.3. The highest BCUT2D eigenvalue weighted by molar-refractivity contribution is 5.76. The van der Waals surface area contributed by atoms with Crippen molar-refractivity contribution in [2.24, 2.45) is 0 Å². The lowest BCUT2D eigenvalue weighted by Crippen LogP contribution is -2.41. The normalized spacial score (nSPS) is 19.2. The van der Waals surface area contributed by atoms with E-state index >= 15 is 0 Å². The number of rotatable bonds is 5. The van der Waals surface area contributed by atoms with E-state index < -0.39 is 12.8 Å². The van der Waals surface area contributed by atoms with Crippen LogP contribution < -0.4 is 0 Å². The van der Waals surface area contributed by atoms with Gasteiger partial charge in [0, 0.05) is 13.1 Å². The molecule has 1 aliphatic rings. The first kappa shape index (κ1) is 17.7. The number of aromatic nitrogens is 3. The van der Waals surface area contributed by atoms with Gasteiger partial charge in [0.2, 0.25) is 5.91 Å². The molecule has 1 aromatic rings. The average Bonchev–Trinajstić information content (AvgIpc) is 2.81. The molecule has 6 nitrogen and oxygen atoms in total. The van der Waals surface area contributed by atoms with Crippen molar-refractivity contribution in [2.75, 3.05) is 26.3 Å². The molecule has 1 saturated heterocycles. The largest absolute Gasteiger partial charge is 0.411 e. The summed E-state index contributed by atoms with van der Waals surface area (Å²) >= 11 is 0. The predicted molar refractivity (Wildman–Crippen MR) is 75.8 cm³/mol. The molecule has 9 heteroatoms. The second kappa shape index (κ2) is 7.29. The fourth-order valence-electron chi connectivity index (χ4n) is 2.77. The van der Waals surface area contributed by atoms with Crippen LogP contribution in [0.3, 0.4) is 0 Å². The summed E-state index contributed by atoms with van der Waals surface area (Å²) in [6.45, 7) is 3.25. The van der Waals surface area contributed by atoms with Gasteiger partial charge in [0.25, 0.3) is 0 Å². The zero-order valence-corrected chi connectivity index (χ0v) is 13.3. The number of hydrogen-bond acceptors (Lipinski definition) is 4. The number of ether oxygens (including phenoxy) is 1. The number of aryl methyl sites for hydroxylation is 2. The molecule has 1 fully saturated rings. The lowest BCUT2D eigenvalue weighted by atomic mass is 10.1. The van der Waals surface area contributed by atoms with Crippen LogP contribution in [-0.2, 0) is 9.53 Å². The summed E-state index contributed by atoms with van der Waals surface area (Å²) in [7, 11) is 0. The molecule has 0 radical (unpaired) electrons. The molecule has 0 aromatic carbocycles. The van der Waals surface area contributed by atoms with E-state index in [0.29, 0.717) is 18.9 Å². The molecule has 0 saturated carbocycles. The van der Waals surface area contributed by atoms with E-state index in [2.05, 4.69) is 14.8 Å². The molecule has 1 amide bonds. The number of amides is 1. The molecule has 2 heterocycles. The highest BCUT2D eigenvalue weighted by Crippen LogP contribution is 2.22. The number of halogens is 3. The molecule has 2 rings (SSSR count). The Kier molecular flexibility index (Phi) is 5.61. The first-order valence-electron chi connectivity index (χ1n) is 7.58. The lowest BCUT2D eigenvalue weighted by molar-refractivity contribution is -0.175. The van der Waals surface area contributed by atoms with Crippen molar-refractivity contribution in [1.29, 1.82) is 0 Å². The molecule has 1 atom stereocenters. The number of piperidine rings is 1. The topological polar surface area (TPSA) is 60.2 Å². The second-order valence-corrected chi connectivity index (χ2v) is 5.70. The third-order valence-electron chi connectivity index (χ3n) is 3.73. The maximum absolute atomic E-state index is 12.1. The van der Waals surface area contributed by atoms with Crippen molar-refractivity contribution in [1.82, 2.24) is 19.7 Å². The number of nitrogens with zero attached hydrogens (tertiary/aromatic N) is 4. The third kappa shape index (κ3) is 5.19. The Morgan fingerprint density at radius 3 is 2.74 bits per heavy atom. The smallest absolute Gasteiger partial charge is 0.372 e. The minimum Gasteiger partial charge on any atom is -0.372 e. The van der Waals surface area contributed by atoms with Crippen molar-refractivity contribution >= 4 is 5.91 Å². The lowest BCUT2D eigenvalue weighted by Gasteiger charge is -2.33. The quantitative estimate of drug-likeness (QED) is 0.773. The Labute approximate surface area is 132 Å². The van der Waals surface area contributed by atoms with Crippen LogP contribution in [0.5, 0.6) is 0 Å². The summed E-state index contributed by atoms with van der Waals surface area (Å²) < 4.78 is 42.3. The van der Waals surface area contributed by atoms with E-state index in [1.54, 1.807) is 4.90 Å². The molecule has 0 aliphatic carbocycles. The first-order chi connectivity index (χ1) is 10.8. The van der Waals surface area contributed by atoms with E-state index in [-0.39, 0.29) is 25.0 Å². The van der Waals surface area contributed by atoms with Crippen molar-refractivity contribution < 1.29 is 22.7 Å². The second-order valence-electron chi connectivity index (χ2n) is 5.70. The molecule has 0 spiro atoms. The maximum Gasteiger partial charge on any atom is 0.411 e. The standard InChI is InChI=1S/C14H21F3N4O2/c1-10-18-11(2)21(19-10)12-4-3-6-20(8-12)13(22)5-7-23-9-14(15,16)17/h12H,3-9H2,1-2H3. The van der Waals surface area contributed by atoms with Gasteiger partial charge in [0.1, 0.15) is 18.3 Å². The van der Waals surface area contributed by atoms with Gasteiger partial charge in [-0.25, -0.2) is 9.67 Å². The molecule has 0 N–H and O–H groups in total. The van der Waals surface area contributed by atoms with E-state index in [4.69, 9.17) is 0 Å². The molecule has 1 unspecified atom stereocenters. The Morgan fingerprint density at radius 1 is 1.39 bits per heavy atom. The van der Waals surface area contributed by atoms with E-state index in [1.165, 1.54) is 0 Å². The number of hydrogen-bond donors (Lipinski definition) is 0. The first-order valence-corrected chi connectivity index (χ1v) is 7.58. The fraction of sp³-hybridized carbons (Fsp3) is 0.786. The van der Waals surface area contributed by atoms with Gasteiger partial charge < -0.3 is 9.64 Å². The Hall–Kier alpha value is -1.64. The molecule has 23 heavy (non-hydrogen) atoms. The van der Waals surface area contributed by atoms with Gasteiger partial charge in [-0.3, -0.25) is 4.79 Å². The fourth-order valence-corrected chi connectivity index (χ4v) is 2.77. The molecule has 0 bridgehead atoms. The highest BCUT2D eigenvalue weighted by Gasteiger charge is 2.29. The van der Waals surface area contributed by atoms with Crippen LogP contribution in [0.15, 0.2) is 0 Å². The summed E-state index contributed by atoms with van der Waals surface area (Å²) in [6.07, 6.45) is -2.67. The predicted octanol–water partition coefficient (Wildman–Crippen LogP) is 2.03. The highest BCUT2D eigenvalue weighted by atomic mass is 19.4. The molecular weight excluding hydrogens is 313 g/mol. The van der Waals surface area contributed by atoms with Crippen LogP contribution in [0.2, 0.25) is 0 Å². The van der Waals surface area contributed by atoms with Gasteiger partial charge in [-0.15, -0.1) is 0 Å². The van der Waals surface area contributed by atoms with Crippen LogP contribution >= 0.6 is 0 Å². The number of alkyl halides is 3. The summed E-state index contributed by atoms with van der Waals surface area (Å²) in [5.74, 6) is 1.30. The van der Waals surface area contributed by atoms with Crippen molar-refractivity contribution in [3.05, 3.63) is 11.6 Å². The van der Waals surface area contributed by atoms with Gasteiger partial charge in [-0.05, 0) is 26.7 Å². The van der Waals surface area contributed by atoms with Gasteiger partial charge in [-0.2, -0.15) is 18.3 Å². The van der Waals surface area contributed by atoms with Crippen LogP contribution in [0.1, 0.15) is 37.0 Å². The van der Waals surface area contributed by atoms with E-state index in [9.17, 15) is 18.0 Å². The third-order valence-corrected chi connectivity index (χ3v) is 3.73. The number of carbonyl (C=O) groups is 1. The maximum atomic E-state index is 12.1. The SMILES string of the molecule is Cc1nc(C)n(C2CCCN(C(=O)CCOCC(F)(F)F)C2)n1. The molecule has 1 aliphatic heterocycles.